The van der Waals surface area contributed by atoms with Crippen LogP contribution in [0.5, 0.6) is 0 Å². The lowest BCUT2D eigenvalue weighted by molar-refractivity contribution is 0.461. The summed E-state index contributed by atoms with van der Waals surface area (Å²) in [6.45, 7) is 0.741. The number of hydrogen-bond acceptors (Lipinski definition) is 3. The number of nitrogens with one attached hydrogen (secondary N) is 2. The Hall–Kier alpha value is -0.760. The van der Waals surface area contributed by atoms with Crippen molar-refractivity contribution in [1.29, 1.82) is 0 Å². The van der Waals surface area contributed by atoms with Gasteiger partial charge >= 0.3 is 0 Å². The van der Waals surface area contributed by atoms with Crippen molar-refractivity contribution in [1.82, 2.24) is 10.0 Å². The maximum absolute atomic E-state index is 13.1. The molecule has 132 valence electrons. The monoisotopic (exact) mass is 368 g/mol. The first-order valence-corrected chi connectivity index (χ1v) is 9.15. The van der Waals surface area contributed by atoms with Crippen LogP contribution in [-0.2, 0) is 10.0 Å². The van der Waals surface area contributed by atoms with Crippen LogP contribution in [0, 0.1) is 11.6 Å². The molecule has 1 aromatic carbocycles. The second-order valence-corrected chi connectivity index (χ2v) is 7.38. The molecule has 1 aromatic rings. The van der Waals surface area contributed by atoms with E-state index in [1.807, 2.05) is 0 Å². The molecule has 0 heterocycles. The third kappa shape index (κ3) is 6.33. The summed E-state index contributed by atoms with van der Waals surface area (Å²) in [5, 5.41) is 3.35. The van der Waals surface area contributed by atoms with Crippen LogP contribution in [0.3, 0.4) is 0 Å². The van der Waals surface area contributed by atoms with Crippen molar-refractivity contribution in [2.75, 3.05) is 13.1 Å². The zero-order valence-corrected chi connectivity index (χ0v) is 14.5. The molecule has 2 rings (SSSR count). The summed E-state index contributed by atoms with van der Waals surface area (Å²) in [4.78, 5) is -0.263. The van der Waals surface area contributed by atoms with Gasteiger partial charge in [0.15, 0.2) is 11.6 Å². The van der Waals surface area contributed by atoms with Crippen LogP contribution >= 0.6 is 12.4 Å². The van der Waals surface area contributed by atoms with Gasteiger partial charge in [-0.05, 0) is 31.0 Å². The fourth-order valence-corrected chi connectivity index (χ4v) is 3.72. The van der Waals surface area contributed by atoms with Crippen molar-refractivity contribution in [2.24, 2.45) is 0 Å². The fraction of sp³-hybridized carbons (Fsp3) is 0.600. The molecular formula is C15H23ClF2N2O2S. The Labute approximate surface area is 142 Å². The van der Waals surface area contributed by atoms with E-state index in [0.717, 1.165) is 25.0 Å². The van der Waals surface area contributed by atoms with E-state index in [0.29, 0.717) is 18.7 Å². The van der Waals surface area contributed by atoms with E-state index < -0.39 is 21.7 Å². The van der Waals surface area contributed by atoms with Crippen molar-refractivity contribution in [3.8, 4) is 0 Å². The topological polar surface area (TPSA) is 58.2 Å². The first-order valence-electron chi connectivity index (χ1n) is 7.67. The predicted octanol–water partition coefficient (Wildman–Crippen LogP) is 2.98. The Morgan fingerprint density at radius 3 is 2.26 bits per heavy atom. The number of hydrogen-bond donors (Lipinski definition) is 2. The summed E-state index contributed by atoms with van der Waals surface area (Å²) in [6, 6.07) is 3.00. The third-order valence-electron chi connectivity index (χ3n) is 3.91. The Morgan fingerprint density at radius 1 is 1.00 bits per heavy atom. The first kappa shape index (κ1) is 20.3. The Bertz CT molecular complexity index is 591. The highest BCUT2D eigenvalue weighted by Crippen LogP contribution is 2.17. The van der Waals surface area contributed by atoms with Gasteiger partial charge in [-0.2, -0.15) is 0 Å². The summed E-state index contributed by atoms with van der Waals surface area (Å²) < 4.78 is 52.3. The van der Waals surface area contributed by atoms with Gasteiger partial charge in [-0.3, -0.25) is 0 Å². The lowest BCUT2D eigenvalue weighted by Crippen LogP contribution is -2.36. The van der Waals surface area contributed by atoms with Crippen LogP contribution in [0.2, 0.25) is 0 Å². The highest BCUT2D eigenvalue weighted by atomic mass is 35.5. The molecule has 0 aliphatic heterocycles. The first-order chi connectivity index (χ1) is 10.5. The van der Waals surface area contributed by atoms with E-state index >= 15 is 0 Å². The molecule has 2 N–H and O–H groups in total. The van der Waals surface area contributed by atoms with E-state index in [4.69, 9.17) is 0 Å². The van der Waals surface area contributed by atoms with Crippen molar-refractivity contribution in [3.05, 3.63) is 29.8 Å². The van der Waals surface area contributed by atoms with Gasteiger partial charge in [0.1, 0.15) is 0 Å². The van der Waals surface area contributed by atoms with E-state index in [-0.39, 0.29) is 23.8 Å². The smallest absolute Gasteiger partial charge is 0.240 e. The van der Waals surface area contributed by atoms with Gasteiger partial charge in [0.25, 0.3) is 0 Å². The lowest BCUT2D eigenvalue weighted by Gasteiger charge is -2.16. The second kappa shape index (κ2) is 9.52. The van der Waals surface area contributed by atoms with E-state index in [1.54, 1.807) is 0 Å². The van der Waals surface area contributed by atoms with E-state index in [1.165, 1.54) is 25.7 Å². The zero-order valence-electron chi connectivity index (χ0n) is 12.9. The summed E-state index contributed by atoms with van der Waals surface area (Å²) in [6.07, 6.45) is 7.18. The van der Waals surface area contributed by atoms with Gasteiger partial charge in [0.2, 0.25) is 10.0 Å². The molecule has 23 heavy (non-hydrogen) atoms. The molecule has 0 saturated heterocycles. The summed E-state index contributed by atoms with van der Waals surface area (Å²) in [5.41, 5.74) is 0. The molecule has 8 heteroatoms. The molecule has 1 fully saturated rings. The second-order valence-electron chi connectivity index (χ2n) is 5.62. The molecule has 0 aromatic heterocycles. The molecule has 0 spiro atoms. The Kier molecular flexibility index (Phi) is 8.39. The van der Waals surface area contributed by atoms with Gasteiger partial charge in [-0.15, -0.1) is 12.4 Å². The highest BCUT2D eigenvalue weighted by Gasteiger charge is 2.16. The zero-order chi connectivity index (χ0) is 16.0. The molecular weight excluding hydrogens is 346 g/mol. The minimum absolute atomic E-state index is 0. The van der Waals surface area contributed by atoms with Crippen LogP contribution in [0.15, 0.2) is 23.1 Å². The van der Waals surface area contributed by atoms with Gasteiger partial charge in [0, 0.05) is 19.1 Å². The molecule has 0 atom stereocenters. The minimum atomic E-state index is -3.81. The number of halogens is 3. The normalized spacial score (nSPS) is 16.6. The van der Waals surface area contributed by atoms with Crippen molar-refractivity contribution < 1.29 is 17.2 Å². The molecule has 1 aliphatic carbocycles. The average Bonchev–Trinajstić information content (AvgIpc) is 2.75. The number of rotatable bonds is 6. The summed E-state index contributed by atoms with van der Waals surface area (Å²) in [7, 11) is -3.81. The molecule has 0 radical (unpaired) electrons. The Balaban J connectivity index is 0.00000264. The predicted molar refractivity (Wildman–Crippen MR) is 88.3 cm³/mol. The minimum Gasteiger partial charge on any atom is -0.313 e. The van der Waals surface area contributed by atoms with Crippen molar-refractivity contribution in [3.63, 3.8) is 0 Å². The van der Waals surface area contributed by atoms with E-state index in [9.17, 15) is 17.2 Å². The quantitative estimate of drug-likeness (QED) is 0.599. The van der Waals surface area contributed by atoms with Crippen LogP contribution in [0.25, 0.3) is 0 Å². The fourth-order valence-electron chi connectivity index (χ4n) is 2.67. The van der Waals surface area contributed by atoms with Crippen LogP contribution < -0.4 is 10.0 Å². The maximum Gasteiger partial charge on any atom is 0.240 e. The standard InChI is InChI=1S/C15H22F2N2O2S.ClH/c16-14-8-7-13(11-15(14)17)22(20,21)19-10-9-18-12-5-3-1-2-4-6-12;/h7-8,11-12,18-19H,1-6,9-10H2;1H. The van der Waals surface area contributed by atoms with Crippen molar-refractivity contribution >= 4 is 22.4 Å². The van der Waals surface area contributed by atoms with Gasteiger partial charge in [0.05, 0.1) is 4.90 Å². The van der Waals surface area contributed by atoms with Gasteiger partial charge in [-0.25, -0.2) is 21.9 Å². The number of benzene rings is 1. The summed E-state index contributed by atoms with van der Waals surface area (Å²) >= 11 is 0. The largest absolute Gasteiger partial charge is 0.313 e. The molecule has 1 saturated carbocycles. The van der Waals surface area contributed by atoms with Gasteiger partial charge in [-0.1, -0.05) is 25.7 Å². The van der Waals surface area contributed by atoms with Crippen LogP contribution in [0.1, 0.15) is 38.5 Å². The third-order valence-corrected chi connectivity index (χ3v) is 5.37. The molecule has 0 bridgehead atoms. The lowest BCUT2D eigenvalue weighted by atomic mass is 10.1. The maximum atomic E-state index is 13.1. The molecule has 1 aliphatic rings. The molecule has 0 amide bonds. The van der Waals surface area contributed by atoms with Gasteiger partial charge < -0.3 is 5.32 Å². The van der Waals surface area contributed by atoms with E-state index in [2.05, 4.69) is 10.0 Å². The van der Waals surface area contributed by atoms with Crippen molar-refractivity contribution in [2.45, 2.75) is 49.5 Å². The average molecular weight is 369 g/mol. The molecule has 4 nitrogen and oxygen atoms in total. The SMILES string of the molecule is Cl.O=S(=O)(NCCNC1CCCCCC1)c1ccc(F)c(F)c1. The number of sulfonamides is 1. The Morgan fingerprint density at radius 2 is 1.65 bits per heavy atom. The highest BCUT2D eigenvalue weighted by molar-refractivity contribution is 7.89. The van der Waals surface area contributed by atoms with Crippen LogP contribution in [-0.4, -0.2) is 27.5 Å². The summed E-state index contributed by atoms with van der Waals surface area (Å²) in [5.74, 6) is -2.23. The van der Waals surface area contributed by atoms with Crippen LogP contribution in [0.4, 0.5) is 8.78 Å². The molecule has 0 unspecified atom stereocenters.